The van der Waals surface area contributed by atoms with E-state index in [0.717, 1.165) is 0 Å². The Morgan fingerprint density at radius 3 is 2.92 bits per heavy atom. The Kier molecular flexibility index (Phi) is 2.62. The zero-order valence-corrected chi connectivity index (χ0v) is 6.96. The van der Waals surface area contributed by atoms with Crippen LogP contribution in [0.3, 0.4) is 0 Å². The van der Waals surface area contributed by atoms with Gasteiger partial charge in [0, 0.05) is 6.04 Å². The fourth-order valence-corrected chi connectivity index (χ4v) is 0.672. The molecule has 0 saturated carbocycles. The Bertz CT molecular complexity index is 242. The number of urea groups is 1. The number of carbonyl (C=O) groups is 1. The van der Waals surface area contributed by atoms with Crippen molar-refractivity contribution in [2.24, 2.45) is 0 Å². The Labute approximate surface area is 69.8 Å². The number of hydrogen-bond acceptors (Lipinski definition) is 3. The van der Waals surface area contributed by atoms with Gasteiger partial charge in [-0.3, -0.25) is 5.32 Å². The molecule has 66 valence electrons. The topological polar surface area (TPSA) is 82.7 Å². The van der Waals surface area contributed by atoms with Crippen molar-refractivity contribution in [1.82, 2.24) is 20.5 Å². The molecule has 0 aromatic carbocycles. The Hall–Kier alpha value is -1.59. The standard InChI is InChI=1S/C6H11N5O/c1-4(2)9-6(12)10-5-7-3-8-11-5/h3-4H,1-2H3,(H3,7,8,9,10,11,12). The highest BCUT2D eigenvalue weighted by Gasteiger charge is 2.03. The maximum atomic E-state index is 11.0. The molecule has 0 fully saturated rings. The molecule has 1 aromatic rings. The van der Waals surface area contributed by atoms with Gasteiger partial charge in [0.15, 0.2) is 0 Å². The molecule has 6 nitrogen and oxygen atoms in total. The van der Waals surface area contributed by atoms with Crippen molar-refractivity contribution in [2.45, 2.75) is 19.9 Å². The molecule has 0 unspecified atom stereocenters. The zero-order chi connectivity index (χ0) is 8.97. The summed E-state index contributed by atoms with van der Waals surface area (Å²) in [7, 11) is 0. The molecule has 0 spiro atoms. The van der Waals surface area contributed by atoms with Gasteiger partial charge in [-0.15, -0.1) is 0 Å². The maximum absolute atomic E-state index is 11.0. The number of rotatable bonds is 2. The molecule has 3 N–H and O–H groups in total. The second kappa shape index (κ2) is 3.70. The van der Waals surface area contributed by atoms with Crippen LogP contribution in [0.5, 0.6) is 0 Å². The maximum Gasteiger partial charge on any atom is 0.321 e. The minimum Gasteiger partial charge on any atom is -0.336 e. The average molecular weight is 169 g/mol. The van der Waals surface area contributed by atoms with E-state index in [1.54, 1.807) is 0 Å². The van der Waals surface area contributed by atoms with Crippen molar-refractivity contribution in [1.29, 1.82) is 0 Å². The number of hydrogen-bond donors (Lipinski definition) is 3. The molecule has 0 radical (unpaired) electrons. The summed E-state index contributed by atoms with van der Waals surface area (Å²) in [6, 6.07) is -0.185. The van der Waals surface area contributed by atoms with Crippen LogP contribution >= 0.6 is 0 Å². The second-order valence-corrected chi connectivity index (χ2v) is 2.59. The fourth-order valence-electron chi connectivity index (χ4n) is 0.672. The number of anilines is 1. The minimum atomic E-state index is -0.290. The van der Waals surface area contributed by atoms with Crippen LogP contribution in [0.2, 0.25) is 0 Å². The van der Waals surface area contributed by atoms with Crippen molar-refractivity contribution in [3.63, 3.8) is 0 Å². The van der Waals surface area contributed by atoms with Crippen molar-refractivity contribution in [2.75, 3.05) is 5.32 Å². The van der Waals surface area contributed by atoms with Gasteiger partial charge in [-0.2, -0.15) is 10.1 Å². The van der Waals surface area contributed by atoms with Crippen LogP contribution in [0.15, 0.2) is 6.33 Å². The molecule has 0 aliphatic carbocycles. The largest absolute Gasteiger partial charge is 0.336 e. The summed E-state index contributed by atoms with van der Waals surface area (Å²) < 4.78 is 0. The first kappa shape index (κ1) is 8.51. The van der Waals surface area contributed by atoms with Gasteiger partial charge < -0.3 is 5.32 Å². The Morgan fingerprint density at radius 2 is 2.42 bits per heavy atom. The Morgan fingerprint density at radius 1 is 1.67 bits per heavy atom. The predicted octanol–water partition coefficient (Wildman–Crippen LogP) is 0.335. The molecule has 0 bridgehead atoms. The lowest BCUT2D eigenvalue weighted by Gasteiger charge is -2.07. The van der Waals surface area contributed by atoms with Gasteiger partial charge in [-0.05, 0) is 13.8 Å². The van der Waals surface area contributed by atoms with E-state index >= 15 is 0 Å². The van der Waals surface area contributed by atoms with E-state index in [9.17, 15) is 4.79 Å². The molecule has 0 aliphatic rings. The van der Waals surface area contributed by atoms with Crippen LogP contribution in [0, 0.1) is 0 Å². The molecule has 0 atom stereocenters. The van der Waals surface area contributed by atoms with Crippen molar-refractivity contribution >= 4 is 12.0 Å². The third-order valence-electron chi connectivity index (χ3n) is 1.07. The minimum absolute atomic E-state index is 0.105. The lowest BCUT2D eigenvalue weighted by molar-refractivity contribution is 0.250. The van der Waals surface area contributed by atoms with Gasteiger partial charge in [-0.25, -0.2) is 9.89 Å². The molecular weight excluding hydrogens is 158 g/mol. The third-order valence-corrected chi connectivity index (χ3v) is 1.07. The summed E-state index contributed by atoms with van der Waals surface area (Å²) in [6.07, 6.45) is 1.32. The van der Waals surface area contributed by atoms with E-state index in [0.29, 0.717) is 5.95 Å². The van der Waals surface area contributed by atoms with Crippen molar-refractivity contribution in [3.8, 4) is 0 Å². The van der Waals surface area contributed by atoms with E-state index in [1.807, 2.05) is 13.8 Å². The highest BCUT2D eigenvalue weighted by Crippen LogP contribution is 1.91. The number of aromatic amines is 1. The van der Waals surface area contributed by atoms with Crippen LogP contribution in [0.4, 0.5) is 10.7 Å². The van der Waals surface area contributed by atoms with Gasteiger partial charge in [0.2, 0.25) is 5.95 Å². The highest BCUT2D eigenvalue weighted by molar-refractivity contribution is 5.87. The van der Waals surface area contributed by atoms with Crippen LogP contribution in [-0.4, -0.2) is 27.3 Å². The summed E-state index contributed by atoms with van der Waals surface area (Å²) in [5, 5.41) is 11.2. The first-order chi connectivity index (χ1) is 5.68. The predicted molar refractivity (Wildman–Crippen MR) is 43.7 cm³/mol. The first-order valence-corrected chi connectivity index (χ1v) is 3.61. The number of H-pyrrole nitrogens is 1. The summed E-state index contributed by atoms with van der Waals surface area (Å²) >= 11 is 0. The molecule has 1 heterocycles. The van der Waals surface area contributed by atoms with E-state index in [1.165, 1.54) is 6.33 Å². The van der Waals surface area contributed by atoms with Gasteiger partial charge in [0.05, 0.1) is 0 Å². The summed E-state index contributed by atoms with van der Waals surface area (Å²) in [6.45, 7) is 3.75. The van der Waals surface area contributed by atoms with Gasteiger partial charge in [-0.1, -0.05) is 0 Å². The molecule has 6 heteroatoms. The molecule has 1 rings (SSSR count). The zero-order valence-electron chi connectivity index (χ0n) is 6.96. The summed E-state index contributed by atoms with van der Waals surface area (Å²) in [4.78, 5) is 14.7. The second-order valence-electron chi connectivity index (χ2n) is 2.59. The highest BCUT2D eigenvalue weighted by atomic mass is 16.2. The molecule has 0 saturated heterocycles. The molecule has 12 heavy (non-hydrogen) atoms. The number of aromatic nitrogens is 3. The van der Waals surface area contributed by atoms with Crippen LogP contribution in [0.25, 0.3) is 0 Å². The lowest BCUT2D eigenvalue weighted by atomic mass is 10.4. The van der Waals surface area contributed by atoms with E-state index in [4.69, 9.17) is 0 Å². The fraction of sp³-hybridized carbons (Fsp3) is 0.500. The lowest BCUT2D eigenvalue weighted by Crippen LogP contribution is -2.34. The normalized spacial score (nSPS) is 9.92. The van der Waals surface area contributed by atoms with Crippen molar-refractivity contribution < 1.29 is 4.79 Å². The van der Waals surface area contributed by atoms with Crippen LogP contribution in [0.1, 0.15) is 13.8 Å². The van der Waals surface area contributed by atoms with Crippen molar-refractivity contribution in [3.05, 3.63) is 6.33 Å². The van der Waals surface area contributed by atoms with Gasteiger partial charge in [0.1, 0.15) is 6.33 Å². The van der Waals surface area contributed by atoms with Gasteiger partial charge in [0.25, 0.3) is 0 Å². The van der Waals surface area contributed by atoms with E-state index in [-0.39, 0.29) is 12.1 Å². The molecular formula is C6H11N5O. The quantitative estimate of drug-likeness (QED) is 0.596. The Balaban J connectivity index is 2.37. The SMILES string of the molecule is CC(C)NC(=O)Nc1ncn[nH]1. The molecule has 2 amide bonds. The van der Waals surface area contributed by atoms with Crippen LogP contribution in [-0.2, 0) is 0 Å². The third kappa shape index (κ3) is 2.57. The van der Waals surface area contributed by atoms with Crippen LogP contribution < -0.4 is 10.6 Å². The molecule has 0 aliphatic heterocycles. The average Bonchev–Trinajstić information content (AvgIpc) is 2.37. The number of nitrogens with zero attached hydrogens (tertiary/aromatic N) is 2. The first-order valence-electron chi connectivity index (χ1n) is 3.61. The summed E-state index contributed by atoms with van der Waals surface area (Å²) in [5.74, 6) is 0.341. The number of carbonyl (C=O) groups excluding carboxylic acids is 1. The van der Waals surface area contributed by atoms with Gasteiger partial charge >= 0.3 is 6.03 Å². The van der Waals surface area contributed by atoms with E-state index in [2.05, 4.69) is 25.8 Å². The molecule has 1 aromatic heterocycles. The van der Waals surface area contributed by atoms with E-state index < -0.39 is 0 Å². The smallest absolute Gasteiger partial charge is 0.321 e. The monoisotopic (exact) mass is 169 g/mol. The summed E-state index contributed by atoms with van der Waals surface area (Å²) in [5.41, 5.74) is 0. The number of amides is 2. The number of nitrogens with one attached hydrogen (secondary N) is 3.